The van der Waals surface area contributed by atoms with Crippen molar-refractivity contribution >= 4 is 5.91 Å². The Kier molecular flexibility index (Phi) is 4.07. The van der Waals surface area contributed by atoms with E-state index in [9.17, 15) is 9.90 Å². The van der Waals surface area contributed by atoms with Gasteiger partial charge in [0.25, 0.3) is 5.91 Å². The Morgan fingerprint density at radius 1 is 1.20 bits per heavy atom. The summed E-state index contributed by atoms with van der Waals surface area (Å²) in [7, 11) is 1.46. The van der Waals surface area contributed by atoms with Gasteiger partial charge in [0.2, 0.25) is 0 Å². The third-order valence-electron chi connectivity index (χ3n) is 5.68. The lowest BCUT2D eigenvalue weighted by Gasteiger charge is -2.30. The smallest absolute Gasteiger partial charge is 0.274 e. The van der Waals surface area contributed by atoms with Crippen LogP contribution in [0.15, 0.2) is 42.6 Å². The lowest BCUT2D eigenvalue weighted by Crippen LogP contribution is -2.41. The van der Waals surface area contributed by atoms with Crippen LogP contribution in [0.25, 0.3) is 0 Å². The number of hydrogen-bond acceptors (Lipinski definition) is 4. The summed E-state index contributed by atoms with van der Waals surface area (Å²) >= 11 is 0. The van der Waals surface area contributed by atoms with E-state index in [1.807, 2.05) is 6.07 Å². The predicted octanol–water partition coefficient (Wildman–Crippen LogP) is 3.11. The third-order valence-corrected chi connectivity index (χ3v) is 5.68. The molecule has 1 heterocycles. The number of carbonyl (C=O) groups is 1. The van der Waals surface area contributed by atoms with Gasteiger partial charge in [0.15, 0.2) is 17.2 Å². The van der Waals surface area contributed by atoms with Gasteiger partial charge < -0.3 is 15.2 Å². The Morgan fingerprint density at radius 3 is 2.72 bits per heavy atom. The molecule has 5 heteroatoms. The molecule has 4 rings (SSSR count). The summed E-state index contributed by atoms with van der Waals surface area (Å²) in [5.74, 6) is 1.33. The number of pyridine rings is 1. The fourth-order valence-corrected chi connectivity index (χ4v) is 4.60. The highest BCUT2D eigenvalue weighted by Gasteiger charge is 2.47. The Balaban J connectivity index is 1.51. The van der Waals surface area contributed by atoms with E-state index in [0.29, 0.717) is 17.8 Å². The van der Waals surface area contributed by atoms with Crippen LogP contribution in [0.3, 0.4) is 0 Å². The zero-order valence-corrected chi connectivity index (χ0v) is 14.2. The summed E-state index contributed by atoms with van der Waals surface area (Å²) < 4.78 is 5.06. The molecule has 4 atom stereocenters. The number of hydrogen-bond donors (Lipinski definition) is 2. The zero-order chi connectivity index (χ0) is 17.4. The molecule has 2 aromatic rings. The van der Waals surface area contributed by atoms with Gasteiger partial charge in [0.05, 0.1) is 7.11 Å². The van der Waals surface area contributed by atoms with Crippen molar-refractivity contribution in [1.82, 2.24) is 10.3 Å². The van der Waals surface area contributed by atoms with Crippen molar-refractivity contribution in [3.63, 3.8) is 0 Å². The highest BCUT2D eigenvalue weighted by atomic mass is 16.5. The average Bonchev–Trinajstić information content (AvgIpc) is 3.23. The van der Waals surface area contributed by atoms with Gasteiger partial charge >= 0.3 is 0 Å². The number of aromatic nitrogens is 1. The van der Waals surface area contributed by atoms with Gasteiger partial charge in [-0.05, 0) is 42.6 Å². The second-order valence-corrected chi connectivity index (χ2v) is 7.04. The molecular formula is C20H22N2O3. The second-order valence-electron chi connectivity index (χ2n) is 7.04. The Bertz CT molecular complexity index is 778. The van der Waals surface area contributed by atoms with Crippen molar-refractivity contribution in [2.75, 3.05) is 7.11 Å². The summed E-state index contributed by atoms with van der Waals surface area (Å²) in [6, 6.07) is 12.2. The van der Waals surface area contributed by atoms with Gasteiger partial charge in [-0.2, -0.15) is 0 Å². The molecule has 4 unspecified atom stereocenters. The Labute approximate surface area is 147 Å². The van der Waals surface area contributed by atoms with Gasteiger partial charge in [-0.3, -0.25) is 4.79 Å². The maximum absolute atomic E-state index is 12.6. The van der Waals surface area contributed by atoms with Gasteiger partial charge in [0.1, 0.15) is 0 Å². The second kappa shape index (κ2) is 6.39. The van der Waals surface area contributed by atoms with Gasteiger partial charge in [-0.25, -0.2) is 4.98 Å². The van der Waals surface area contributed by atoms with E-state index >= 15 is 0 Å². The minimum Gasteiger partial charge on any atom is -0.503 e. The molecule has 2 fully saturated rings. The molecule has 1 amide bonds. The number of nitrogens with zero attached hydrogens (tertiary/aromatic N) is 1. The fourth-order valence-electron chi connectivity index (χ4n) is 4.60. The van der Waals surface area contributed by atoms with Crippen molar-refractivity contribution in [2.45, 2.75) is 31.2 Å². The maximum Gasteiger partial charge on any atom is 0.274 e. The van der Waals surface area contributed by atoms with Crippen LogP contribution in [0.5, 0.6) is 11.5 Å². The highest BCUT2D eigenvalue weighted by Crippen LogP contribution is 2.53. The summed E-state index contributed by atoms with van der Waals surface area (Å²) in [5, 5.41) is 13.2. The normalized spacial score (nSPS) is 27.2. The molecule has 2 N–H and O–H groups in total. The number of nitrogens with one attached hydrogen (secondary N) is 1. The van der Waals surface area contributed by atoms with Crippen LogP contribution in [-0.4, -0.2) is 29.1 Å². The van der Waals surface area contributed by atoms with Gasteiger partial charge in [-0.15, -0.1) is 0 Å². The monoisotopic (exact) mass is 338 g/mol. The number of benzene rings is 1. The number of ether oxygens (including phenoxy) is 1. The molecule has 0 spiro atoms. The first kappa shape index (κ1) is 15.9. The van der Waals surface area contributed by atoms with Crippen LogP contribution in [0.2, 0.25) is 0 Å². The molecule has 0 aliphatic heterocycles. The third kappa shape index (κ3) is 2.84. The average molecular weight is 338 g/mol. The number of aromatic hydroxyl groups is 1. The Hall–Kier alpha value is -2.56. The minimum atomic E-state index is -0.333. The molecule has 25 heavy (non-hydrogen) atoms. The van der Waals surface area contributed by atoms with Crippen LogP contribution in [0.4, 0.5) is 0 Å². The summed E-state index contributed by atoms with van der Waals surface area (Å²) in [5.41, 5.74) is 1.38. The molecule has 5 nitrogen and oxygen atoms in total. The summed E-state index contributed by atoms with van der Waals surface area (Å²) in [6.45, 7) is 0. The minimum absolute atomic E-state index is 0.0263. The quantitative estimate of drug-likeness (QED) is 0.898. The molecule has 2 aliphatic rings. The molecule has 2 bridgehead atoms. The molecule has 130 valence electrons. The molecular weight excluding hydrogens is 316 g/mol. The standard InChI is InChI=1S/C20H22N2O3/c1-25-17-7-8-21-18(19(17)23)20(24)22-16-11-12-9-14(15(16)10-12)13-5-3-2-4-6-13/h2-8,12,14-16,23H,9-11H2,1H3,(H,22,24). The van der Waals surface area contributed by atoms with E-state index in [2.05, 4.69) is 34.6 Å². The van der Waals surface area contributed by atoms with E-state index in [1.165, 1.54) is 31.4 Å². The van der Waals surface area contributed by atoms with Crippen LogP contribution < -0.4 is 10.1 Å². The van der Waals surface area contributed by atoms with Crippen LogP contribution >= 0.6 is 0 Å². The van der Waals surface area contributed by atoms with Gasteiger partial charge in [0, 0.05) is 18.3 Å². The highest BCUT2D eigenvalue weighted by molar-refractivity contribution is 5.95. The van der Waals surface area contributed by atoms with Crippen molar-refractivity contribution in [2.24, 2.45) is 11.8 Å². The van der Waals surface area contributed by atoms with Crippen molar-refractivity contribution in [1.29, 1.82) is 0 Å². The number of fused-ring (bicyclic) bond motifs is 2. The topological polar surface area (TPSA) is 71.5 Å². The van der Waals surface area contributed by atoms with E-state index < -0.39 is 0 Å². The van der Waals surface area contributed by atoms with E-state index in [4.69, 9.17) is 4.74 Å². The lowest BCUT2D eigenvalue weighted by molar-refractivity contribution is 0.0910. The molecule has 2 saturated carbocycles. The fraction of sp³-hybridized carbons (Fsp3) is 0.400. The first-order chi connectivity index (χ1) is 12.2. The van der Waals surface area contributed by atoms with E-state index in [1.54, 1.807) is 0 Å². The number of methoxy groups -OCH3 is 1. The van der Waals surface area contributed by atoms with Crippen molar-refractivity contribution in [3.05, 3.63) is 53.9 Å². The zero-order valence-electron chi connectivity index (χ0n) is 14.2. The number of carbonyl (C=O) groups excluding carboxylic acids is 1. The molecule has 1 aromatic carbocycles. The van der Waals surface area contributed by atoms with Crippen LogP contribution in [0.1, 0.15) is 41.2 Å². The Morgan fingerprint density at radius 2 is 2.00 bits per heavy atom. The molecule has 2 aliphatic carbocycles. The van der Waals surface area contributed by atoms with Gasteiger partial charge in [-0.1, -0.05) is 30.3 Å². The SMILES string of the molecule is COc1ccnc(C(=O)NC2CC3CC(c4ccccc4)C2C3)c1O. The van der Waals surface area contributed by atoms with E-state index in [-0.39, 0.29) is 29.1 Å². The first-order valence-corrected chi connectivity index (χ1v) is 8.75. The predicted molar refractivity (Wildman–Crippen MR) is 93.7 cm³/mol. The maximum atomic E-state index is 12.6. The van der Waals surface area contributed by atoms with Crippen LogP contribution in [0, 0.1) is 11.8 Å². The lowest BCUT2D eigenvalue weighted by atomic mass is 9.80. The molecule has 0 saturated heterocycles. The molecule has 1 aromatic heterocycles. The number of rotatable bonds is 4. The summed E-state index contributed by atoms with van der Waals surface area (Å²) in [6.07, 6.45) is 4.83. The molecule has 0 radical (unpaired) electrons. The van der Waals surface area contributed by atoms with E-state index in [0.717, 1.165) is 12.8 Å². The summed E-state index contributed by atoms with van der Waals surface area (Å²) in [4.78, 5) is 16.6. The first-order valence-electron chi connectivity index (χ1n) is 8.75. The van der Waals surface area contributed by atoms with Crippen LogP contribution in [-0.2, 0) is 0 Å². The largest absolute Gasteiger partial charge is 0.503 e. The number of amides is 1. The van der Waals surface area contributed by atoms with Crippen molar-refractivity contribution < 1.29 is 14.6 Å². The van der Waals surface area contributed by atoms with Crippen molar-refractivity contribution in [3.8, 4) is 11.5 Å².